The Morgan fingerprint density at radius 1 is 1.11 bits per heavy atom. The predicted octanol–water partition coefficient (Wildman–Crippen LogP) is 3.66. The van der Waals surface area contributed by atoms with Gasteiger partial charge in [0, 0.05) is 46.3 Å². The van der Waals surface area contributed by atoms with E-state index in [-0.39, 0.29) is 6.04 Å². The molecule has 5 nitrogen and oxygen atoms in total. The molecule has 28 heavy (non-hydrogen) atoms. The molecule has 0 aliphatic carbocycles. The van der Waals surface area contributed by atoms with E-state index in [4.69, 9.17) is 0 Å². The first-order chi connectivity index (χ1) is 13.2. The number of benzene rings is 1. The largest absolute Gasteiger partial charge is 0.416 e. The van der Waals surface area contributed by atoms with Gasteiger partial charge in [-0.25, -0.2) is 9.97 Å². The lowest BCUT2D eigenvalue weighted by Gasteiger charge is -2.38. The molecule has 1 fully saturated rings. The number of likely N-dealkylation sites (tertiary alicyclic amines) is 1. The zero-order chi connectivity index (χ0) is 20.3. The van der Waals surface area contributed by atoms with Gasteiger partial charge in [0.2, 0.25) is 0 Å². The van der Waals surface area contributed by atoms with E-state index in [0.717, 1.165) is 43.6 Å². The Hall–Kier alpha value is -2.35. The van der Waals surface area contributed by atoms with Crippen molar-refractivity contribution in [3.8, 4) is 0 Å². The second kappa shape index (κ2) is 8.34. The van der Waals surface area contributed by atoms with E-state index < -0.39 is 11.7 Å². The van der Waals surface area contributed by atoms with Crippen molar-refractivity contribution in [2.75, 3.05) is 44.0 Å². The Kier molecular flexibility index (Phi) is 6.07. The Labute approximate surface area is 163 Å². The van der Waals surface area contributed by atoms with Crippen molar-refractivity contribution >= 4 is 11.6 Å². The van der Waals surface area contributed by atoms with Crippen LogP contribution in [0.1, 0.15) is 24.0 Å². The minimum atomic E-state index is -4.31. The second-order valence-corrected chi connectivity index (χ2v) is 7.47. The summed E-state index contributed by atoms with van der Waals surface area (Å²) >= 11 is 0. The first kappa shape index (κ1) is 20.4. The van der Waals surface area contributed by atoms with Gasteiger partial charge < -0.3 is 9.80 Å². The molecule has 0 saturated carbocycles. The fourth-order valence-corrected chi connectivity index (χ4v) is 3.56. The molecular formula is C20H26F3N5. The smallest absolute Gasteiger partial charge is 0.363 e. The van der Waals surface area contributed by atoms with Crippen molar-refractivity contribution in [1.82, 2.24) is 14.9 Å². The number of piperidine rings is 1. The maximum absolute atomic E-state index is 13.0. The molecule has 2 aromatic rings. The first-order valence-corrected chi connectivity index (χ1v) is 9.35. The minimum Gasteiger partial charge on any atom is -0.363 e. The molecule has 0 spiro atoms. The monoisotopic (exact) mass is 393 g/mol. The van der Waals surface area contributed by atoms with E-state index in [1.807, 2.05) is 32.1 Å². The summed E-state index contributed by atoms with van der Waals surface area (Å²) in [5, 5.41) is 0. The summed E-state index contributed by atoms with van der Waals surface area (Å²) in [6, 6.07) is 7.82. The number of hydrogen-bond acceptors (Lipinski definition) is 5. The molecule has 3 rings (SSSR count). The highest BCUT2D eigenvalue weighted by Gasteiger charge is 2.31. The number of rotatable bonds is 5. The molecule has 152 valence electrons. The summed E-state index contributed by atoms with van der Waals surface area (Å²) in [7, 11) is 5.88. The van der Waals surface area contributed by atoms with Gasteiger partial charge in [0.25, 0.3) is 0 Å². The third-order valence-corrected chi connectivity index (χ3v) is 5.15. The molecule has 1 saturated heterocycles. The van der Waals surface area contributed by atoms with Crippen LogP contribution in [0.4, 0.5) is 24.8 Å². The molecular weight excluding hydrogens is 367 g/mol. The molecule has 0 N–H and O–H groups in total. The average molecular weight is 393 g/mol. The molecule has 2 heterocycles. The van der Waals surface area contributed by atoms with Crippen molar-refractivity contribution in [1.29, 1.82) is 0 Å². The normalized spacial score (nSPS) is 18.1. The van der Waals surface area contributed by atoms with E-state index in [9.17, 15) is 13.2 Å². The van der Waals surface area contributed by atoms with Crippen LogP contribution in [0.5, 0.6) is 0 Å². The Balaban J connectivity index is 1.68. The van der Waals surface area contributed by atoms with Gasteiger partial charge in [-0.1, -0.05) is 18.2 Å². The molecule has 1 aliphatic rings. The standard InChI is InChI=1S/C20H26F3N5/c1-26(2)18-11-19(25-14-24-18)27(3)17-8-5-9-28(13-17)12-15-6-4-7-16(10-15)20(21,22)23/h4,6-7,10-11,14,17H,5,8-9,12-13H2,1-3H3. The van der Waals surface area contributed by atoms with E-state index in [1.54, 1.807) is 12.4 Å². The third-order valence-electron chi connectivity index (χ3n) is 5.15. The average Bonchev–Trinajstić information content (AvgIpc) is 2.67. The fourth-order valence-electron chi connectivity index (χ4n) is 3.56. The molecule has 1 aromatic heterocycles. The van der Waals surface area contributed by atoms with Crippen LogP contribution >= 0.6 is 0 Å². The topological polar surface area (TPSA) is 35.5 Å². The van der Waals surface area contributed by atoms with Crippen LogP contribution in [-0.2, 0) is 12.7 Å². The molecule has 8 heteroatoms. The maximum Gasteiger partial charge on any atom is 0.416 e. The highest BCUT2D eigenvalue weighted by molar-refractivity contribution is 5.49. The van der Waals surface area contributed by atoms with Crippen LogP contribution in [-0.4, -0.2) is 55.1 Å². The summed E-state index contributed by atoms with van der Waals surface area (Å²) in [4.78, 5) is 14.9. The molecule has 0 amide bonds. The summed E-state index contributed by atoms with van der Waals surface area (Å²) in [6.07, 6.45) is -0.724. The van der Waals surface area contributed by atoms with Crippen LogP contribution in [0.25, 0.3) is 0 Å². The highest BCUT2D eigenvalue weighted by Crippen LogP contribution is 2.30. The SMILES string of the molecule is CN(C)c1cc(N(C)C2CCCN(Cc3cccc(C(F)(F)F)c3)C2)ncn1. The van der Waals surface area contributed by atoms with E-state index in [2.05, 4.69) is 19.8 Å². The van der Waals surface area contributed by atoms with Gasteiger partial charge in [0.05, 0.1) is 5.56 Å². The van der Waals surface area contributed by atoms with E-state index in [1.165, 1.54) is 12.1 Å². The molecule has 1 unspecified atom stereocenters. The van der Waals surface area contributed by atoms with Crippen molar-refractivity contribution in [3.63, 3.8) is 0 Å². The van der Waals surface area contributed by atoms with Crippen molar-refractivity contribution in [2.24, 2.45) is 0 Å². The number of hydrogen-bond donors (Lipinski definition) is 0. The van der Waals surface area contributed by atoms with Gasteiger partial charge in [-0.2, -0.15) is 13.2 Å². The molecule has 1 atom stereocenters. The number of nitrogens with zero attached hydrogens (tertiary/aromatic N) is 5. The van der Waals surface area contributed by atoms with Crippen LogP contribution in [0, 0.1) is 0 Å². The third kappa shape index (κ3) is 4.92. The van der Waals surface area contributed by atoms with Crippen molar-refractivity contribution in [2.45, 2.75) is 31.6 Å². The lowest BCUT2D eigenvalue weighted by molar-refractivity contribution is -0.137. The van der Waals surface area contributed by atoms with Crippen LogP contribution in [0.2, 0.25) is 0 Å². The first-order valence-electron chi connectivity index (χ1n) is 9.35. The quantitative estimate of drug-likeness (QED) is 0.775. The molecule has 0 radical (unpaired) electrons. The number of likely N-dealkylation sites (N-methyl/N-ethyl adjacent to an activating group) is 1. The van der Waals surface area contributed by atoms with Crippen LogP contribution in [0.15, 0.2) is 36.7 Å². The van der Waals surface area contributed by atoms with Gasteiger partial charge in [-0.15, -0.1) is 0 Å². The Morgan fingerprint density at radius 3 is 2.57 bits per heavy atom. The summed E-state index contributed by atoms with van der Waals surface area (Å²) in [5.74, 6) is 1.69. The predicted molar refractivity (Wildman–Crippen MR) is 105 cm³/mol. The van der Waals surface area contributed by atoms with E-state index >= 15 is 0 Å². The number of alkyl halides is 3. The van der Waals surface area contributed by atoms with Gasteiger partial charge >= 0.3 is 6.18 Å². The highest BCUT2D eigenvalue weighted by atomic mass is 19.4. The Morgan fingerprint density at radius 2 is 1.86 bits per heavy atom. The molecule has 1 aliphatic heterocycles. The van der Waals surface area contributed by atoms with Crippen molar-refractivity contribution in [3.05, 3.63) is 47.8 Å². The molecule has 0 bridgehead atoms. The van der Waals surface area contributed by atoms with Gasteiger partial charge in [-0.05, 0) is 31.0 Å². The van der Waals surface area contributed by atoms with Crippen LogP contribution in [0.3, 0.4) is 0 Å². The van der Waals surface area contributed by atoms with Gasteiger partial charge in [0.1, 0.15) is 18.0 Å². The summed E-state index contributed by atoms with van der Waals surface area (Å²) in [5.41, 5.74) is 0.0999. The maximum atomic E-state index is 13.0. The fraction of sp³-hybridized carbons (Fsp3) is 0.500. The number of aromatic nitrogens is 2. The molecule has 1 aromatic carbocycles. The number of halogens is 3. The zero-order valence-corrected chi connectivity index (χ0v) is 16.4. The summed E-state index contributed by atoms with van der Waals surface area (Å²) in [6.45, 7) is 2.18. The van der Waals surface area contributed by atoms with Crippen LogP contribution < -0.4 is 9.80 Å². The zero-order valence-electron chi connectivity index (χ0n) is 16.4. The lowest BCUT2D eigenvalue weighted by Crippen LogP contribution is -2.46. The summed E-state index contributed by atoms with van der Waals surface area (Å²) < 4.78 is 38.9. The lowest BCUT2D eigenvalue weighted by atomic mass is 10.0. The Bertz CT molecular complexity index is 793. The second-order valence-electron chi connectivity index (χ2n) is 7.47. The number of anilines is 2. The minimum absolute atomic E-state index is 0.254. The van der Waals surface area contributed by atoms with Gasteiger partial charge in [0.15, 0.2) is 0 Å². The van der Waals surface area contributed by atoms with E-state index in [0.29, 0.717) is 12.1 Å². The van der Waals surface area contributed by atoms with Gasteiger partial charge in [-0.3, -0.25) is 4.90 Å². The van der Waals surface area contributed by atoms with Crippen molar-refractivity contribution < 1.29 is 13.2 Å².